The van der Waals surface area contributed by atoms with Crippen LogP contribution >= 0.6 is 0 Å². The second kappa shape index (κ2) is 17.1. The van der Waals surface area contributed by atoms with Gasteiger partial charge in [-0.3, -0.25) is 14.6 Å². The molecule has 44 heavy (non-hydrogen) atoms. The first-order valence-electron chi connectivity index (χ1n) is 15.8. The van der Waals surface area contributed by atoms with Crippen LogP contribution in [0.3, 0.4) is 0 Å². The Morgan fingerprint density at radius 1 is 0.909 bits per heavy atom. The van der Waals surface area contributed by atoms with Crippen LogP contribution in [0.15, 0.2) is 54.6 Å². The molecule has 2 atom stereocenters. The van der Waals surface area contributed by atoms with Crippen LogP contribution < -0.4 is 5.48 Å². The number of carbonyl (C=O) groups is 3. The van der Waals surface area contributed by atoms with Crippen LogP contribution in [0, 0.1) is 5.92 Å². The average molecular weight is 610 g/mol. The largest absolute Gasteiger partial charge is 0.461 e. The third-order valence-corrected chi connectivity index (χ3v) is 7.83. The van der Waals surface area contributed by atoms with E-state index in [0.29, 0.717) is 51.5 Å². The monoisotopic (exact) mass is 609 g/mol. The van der Waals surface area contributed by atoms with Gasteiger partial charge in [0.25, 0.3) is 0 Å². The molecule has 0 aromatic heterocycles. The van der Waals surface area contributed by atoms with Crippen molar-refractivity contribution in [1.29, 1.82) is 0 Å². The van der Waals surface area contributed by atoms with Crippen molar-refractivity contribution in [2.75, 3.05) is 26.2 Å². The van der Waals surface area contributed by atoms with Gasteiger partial charge in [0.05, 0.1) is 6.61 Å². The summed E-state index contributed by atoms with van der Waals surface area (Å²) in [5, 5.41) is 0. The maximum atomic E-state index is 13.3. The van der Waals surface area contributed by atoms with Gasteiger partial charge in [0.15, 0.2) is 6.29 Å². The molecule has 0 bridgehead atoms. The van der Waals surface area contributed by atoms with Crippen molar-refractivity contribution >= 4 is 18.0 Å². The molecule has 2 fully saturated rings. The number of aryl methyl sites for hydroxylation is 1. The summed E-state index contributed by atoms with van der Waals surface area (Å²) in [5.41, 5.74) is 5.47. The minimum Gasteiger partial charge on any atom is -0.461 e. The van der Waals surface area contributed by atoms with Gasteiger partial charge >= 0.3 is 12.1 Å². The summed E-state index contributed by atoms with van der Waals surface area (Å²) in [6, 6.07) is 16.9. The summed E-state index contributed by atoms with van der Waals surface area (Å²) in [6.45, 7) is 8.53. The van der Waals surface area contributed by atoms with E-state index >= 15 is 0 Å². The van der Waals surface area contributed by atoms with Crippen LogP contribution in [-0.2, 0) is 48.2 Å². The topological polar surface area (TPSA) is 107 Å². The number of hydrogen-bond acceptors (Lipinski definition) is 8. The standard InChI is InChI=1S/C34H47N3O7/c1-25(2)23-41-26(3)44-35-32(38)18-17-27-13-15-28(16-14-27)21-36-19-20-37(34(40)42-24-29-9-5-4-6-10-29)31(22-36)33(39)43-30-11-7-8-12-30/h4-6,9-10,13-16,25-26,30-31H,7-8,11-12,17-24H2,1-3H3,(H,35,38). The number of carbonyl (C=O) groups excluding carboxylic acids is 3. The summed E-state index contributed by atoms with van der Waals surface area (Å²) in [4.78, 5) is 47.6. The molecule has 1 N–H and O–H groups in total. The molecule has 10 nitrogen and oxygen atoms in total. The zero-order valence-corrected chi connectivity index (χ0v) is 26.2. The van der Waals surface area contributed by atoms with Gasteiger partial charge in [-0.25, -0.2) is 19.9 Å². The highest BCUT2D eigenvalue weighted by Gasteiger charge is 2.38. The first-order valence-corrected chi connectivity index (χ1v) is 15.8. The van der Waals surface area contributed by atoms with Crippen molar-refractivity contribution in [1.82, 2.24) is 15.3 Å². The van der Waals surface area contributed by atoms with E-state index in [1.807, 2.05) is 68.4 Å². The van der Waals surface area contributed by atoms with Crippen LogP contribution in [0.2, 0.25) is 0 Å². The van der Waals surface area contributed by atoms with E-state index in [9.17, 15) is 14.4 Å². The second-order valence-electron chi connectivity index (χ2n) is 12.1. The second-order valence-corrected chi connectivity index (χ2v) is 12.1. The van der Waals surface area contributed by atoms with Crippen molar-refractivity contribution in [3.05, 3.63) is 71.3 Å². The van der Waals surface area contributed by atoms with Gasteiger partial charge in [-0.2, -0.15) is 0 Å². The maximum Gasteiger partial charge on any atom is 0.410 e. The lowest BCUT2D eigenvalue weighted by Crippen LogP contribution is -2.58. The smallest absolute Gasteiger partial charge is 0.410 e. The van der Waals surface area contributed by atoms with Gasteiger partial charge in [-0.1, -0.05) is 68.4 Å². The van der Waals surface area contributed by atoms with E-state index in [1.165, 1.54) is 4.90 Å². The minimum atomic E-state index is -0.730. The van der Waals surface area contributed by atoms with Gasteiger partial charge in [0.2, 0.25) is 5.91 Å². The Balaban J connectivity index is 1.27. The number of benzene rings is 2. The molecule has 1 saturated carbocycles. The SMILES string of the molecule is CC(C)COC(C)ONC(=O)CCc1ccc(CN2CCN(C(=O)OCc3ccccc3)C(C(=O)OC3CCCC3)C2)cc1. The third-order valence-electron chi connectivity index (χ3n) is 7.83. The molecule has 2 aromatic rings. The van der Waals surface area contributed by atoms with Crippen molar-refractivity contribution in [2.24, 2.45) is 5.92 Å². The van der Waals surface area contributed by atoms with Crippen LogP contribution in [0.5, 0.6) is 0 Å². The van der Waals surface area contributed by atoms with E-state index in [-0.39, 0.29) is 24.6 Å². The van der Waals surface area contributed by atoms with E-state index in [0.717, 1.165) is 42.4 Å². The van der Waals surface area contributed by atoms with Crippen molar-refractivity contribution in [2.45, 2.75) is 90.9 Å². The Bertz CT molecular complexity index is 1190. The van der Waals surface area contributed by atoms with Crippen LogP contribution in [-0.4, -0.2) is 72.4 Å². The lowest BCUT2D eigenvalue weighted by atomic mass is 10.1. The predicted molar refractivity (Wildman–Crippen MR) is 165 cm³/mol. The highest BCUT2D eigenvalue weighted by molar-refractivity contribution is 5.82. The highest BCUT2D eigenvalue weighted by atomic mass is 16.8. The van der Waals surface area contributed by atoms with E-state index in [1.54, 1.807) is 6.92 Å². The first kappa shape index (κ1) is 33.4. The summed E-state index contributed by atoms with van der Waals surface area (Å²) in [6.07, 6.45) is 3.63. The molecule has 1 aliphatic carbocycles. The zero-order chi connectivity index (χ0) is 31.3. The summed E-state index contributed by atoms with van der Waals surface area (Å²) < 4.78 is 16.9. The normalized spacial score (nSPS) is 18.3. The summed E-state index contributed by atoms with van der Waals surface area (Å²) in [7, 11) is 0. The lowest BCUT2D eigenvalue weighted by molar-refractivity contribution is -0.183. The third kappa shape index (κ3) is 10.9. The Morgan fingerprint density at radius 2 is 1.61 bits per heavy atom. The van der Waals surface area contributed by atoms with E-state index < -0.39 is 18.4 Å². The van der Waals surface area contributed by atoms with Gasteiger partial charge in [0.1, 0.15) is 18.8 Å². The van der Waals surface area contributed by atoms with Gasteiger partial charge < -0.3 is 14.2 Å². The van der Waals surface area contributed by atoms with Crippen LogP contribution in [0.25, 0.3) is 0 Å². The number of esters is 1. The van der Waals surface area contributed by atoms with E-state index in [2.05, 4.69) is 10.4 Å². The van der Waals surface area contributed by atoms with Crippen molar-refractivity contribution in [3.8, 4) is 0 Å². The van der Waals surface area contributed by atoms with Crippen LogP contribution in [0.1, 0.15) is 69.6 Å². The van der Waals surface area contributed by atoms with E-state index in [4.69, 9.17) is 19.0 Å². The quantitative estimate of drug-likeness (QED) is 0.181. The Labute approximate surface area is 260 Å². The predicted octanol–water partition coefficient (Wildman–Crippen LogP) is 4.99. The molecule has 10 heteroatoms. The molecule has 0 radical (unpaired) electrons. The van der Waals surface area contributed by atoms with Crippen molar-refractivity contribution in [3.63, 3.8) is 0 Å². The summed E-state index contributed by atoms with van der Waals surface area (Å²) in [5.74, 6) is -0.181. The number of nitrogens with zero attached hydrogens (tertiary/aromatic N) is 2. The Hall–Kier alpha value is -3.47. The Kier molecular flexibility index (Phi) is 13.0. The highest BCUT2D eigenvalue weighted by Crippen LogP contribution is 2.24. The number of piperazine rings is 1. The molecule has 1 saturated heterocycles. The molecule has 1 aliphatic heterocycles. The number of rotatable bonds is 14. The maximum absolute atomic E-state index is 13.3. The molecule has 4 rings (SSSR count). The lowest BCUT2D eigenvalue weighted by Gasteiger charge is -2.39. The fourth-order valence-electron chi connectivity index (χ4n) is 5.34. The molecule has 2 aliphatic rings. The fourth-order valence-corrected chi connectivity index (χ4v) is 5.34. The molecular formula is C34H47N3O7. The number of nitrogens with one attached hydrogen (secondary N) is 1. The molecule has 240 valence electrons. The fraction of sp³-hybridized carbons (Fsp3) is 0.559. The molecule has 2 amide bonds. The molecule has 1 heterocycles. The van der Waals surface area contributed by atoms with Crippen LogP contribution in [0.4, 0.5) is 4.79 Å². The number of hydrogen-bond donors (Lipinski definition) is 1. The molecule has 0 spiro atoms. The van der Waals surface area contributed by atoms with Gasteiger partial charge in [0, 0.05) is 32.6 Å². The Morgan fingerprint density at radius 3 is 2.32 bits per heavy atom. The van der Waals surface area contributed by atoms with Gasteiger partial charge in [-0.05, 0) is 61.6 Å². The summed E-state index contributed by atoms with van der Waals surface area (Å²) >= 11 is 0. The molecule has 2 unspecified atom stereocenters. The molecule has 2 aromatic carbocycles. The minimum absolute atomic E-state index is 0.0807. The van der Waals surface area contributed by atoms with Gasteiger partial charge in [-0.15, -0.1) is 0 Å². The first-order chi connectivity index (χ1) is 21.3. The molecular weight excluding hydrogens is 562 g/mol. The zero-order valence-electron chi connectivity index (χ0n) is 26.2. The van der Waals surface area contributed by atoms with Crippen molar-refractivity contribution < 1.29 is 33.4 Å². The number of amides is 2. The average Bonchev–Trinajstić information content (AvgIpc) is 3.54. The number of hydroxylamine groups is 1. The number of ether oxygens (including phenoxy) is 3.